The molecule has 2 atom stereocenters. The van der Waals surface area contributed by atoms with Gasteiger partial charge in [0, 0.05) is 25.7 Å². The Morgan fingerprint density at radius 1 is 1.47 bits per heavy atom. The molecule has 17 heavy (non-hydrogen) atoms. The molecule has 4 nitrogen and oxygen atoms in total. The molecule has 0 spiro atoms. The summed E-state index contributed by atoms with van der Waals surface area (Å²) < 4.78 is 5.41. The number of ether oxygens (including phenoxy) is 1. The molecule has 0 aromatic rings. The first-order valence-corrected chi connectivity index (χ1v) is 6.39. The van der Waals surface area contributed by atoms with Gasteiger partial charge in [-0.15, -0.1) is 0 Å². The van der Waals surface area contributed by atoms with E-state index in [0.29, 0.717) is 12.5 Å². The lowest BCUT2D eigenvalue weighted by Crippen LogP contribution is -2.51. The molecule has 1 rings (SSSR count). The summed E-state index contributed by atoms with van der Waals surface area (Å²) in [5.74, 6) is 0.716. The smallest absolute Gasteiger partial charge is 0.236 e. The van der Waals surface area contributed by atoms with Crippen molar-refractivity contribution >= 4 is 5.91 Å². The molecule has 1 fully saturated rings. The zero-order chi connectivity index (χ0) is 13.1. The fourth-order valence-electron chi connectivity index (χ4n) is 2.02. The van der Waals surface area contributed by atoms with E-state index in [0.717, 1.165) is 19.5 Å². The van der Waals surface area contributed by atoms with Crippen molar-refractivity contribution in [3.63, 3.8) is 0 Å². The molecule has 0 aromatic carbocycles. The zero-order valence-corrected chi connectivity index (χ0v) is 11.7. The van der Waals surface area contributed by atoms with Gasteiger partial charge in [-0.3, -0.25) is 4.79 Å². The molecule has 0 saturated carbocycles. The van der Waals surface area contributed by atoms with Crippen LogP contribution in [-0.4, -0.2) is 49.2 Å². The van der Waals surface area contributed by atoms with Gasteiger partial charge in [0.25, 0.3) is 0 Å². The summed E-state index contributed by atoms with van der Waals surface area (Å²) in [7, 11) is 1.72. The van der Waals surface area contributed by atoms with E-state index in [9.17, 15) is 4.79 Å². The number of rotatable bonds is 3. The maximum absolute atomic E-state index is 12.0. The highest BCUT2D eigenvalue weighted by Gasteiger charge is 2.28. The van der Waals surface area contributed by atoms with Crippen molar-refractivity contribution in [2.75, 3.05) is 26.7 Å². The fourth-order valence-corrected chi connectivity index (χ4v) is 2.02. The Hall–Kier alpha value is -0.610. The molecule has 0 bridgehead atoms. The van der Waals surface area contributed by atoms with Crippen molar-refractivity contribution in [1.82, 2.24) is 10.2 Å². The van der Waals surface area contributed by atoms with Gasteiger partial charge >= 0.3 is 0 Å². The first-order valence-electron chi connectivity index (χ1n) is 6.39. The van der Waals surface area contributed by atoms with E-state index in [4.69, 9.17) is 4.74 Å². The van der Waals surface area contributed by atoms with Crippen LogP contribution in [0.1, 0.15) is 34.1 Å². The van der Waals surface area contributed by atoms with Crippen molar-refractivity contribution in [3.05, 3.63) is 0 Å². The van der Waals surface area contributed by atoms with Crippen molar-refractivity contribution < 1.29 is 9.53 Å². The second-order valence-electron chi connectivity index (χ2n) is 5.98. The van der Waals surface area contributed by atoms with E-state index < -0.39 is 0 Å². The molecule has 2 unspecified atom stereocenters. The molecule has 1 saturated heterocycles. The summed E-state index contributed by atoms with van der Waals surface area (Å²) in [5, 5.41) is 3.23. The number of likely N-dealkylation sites (tertiary alicyclic amines) is 1. The predicted molar refractivity (Wildman–Crippen MR) is 68.9 cm³/mol. The molecule has 1 amide bonds. The second-order valence-corrected chi connectivity index (χ2v) is 5.98. The number of amides is 1. The van der Waals surface area contributed by atoms with E-state index in [1.165, 1.54) is 0 Å². The highest BCUT2D eigenvalue weighted by molar-refractivity contribution is 5.78. The minimum atomic E-state index is -0.0145. The fraction of sp³-hybridized carbons (Fsp3) is 0.923. The summed E-state index contributed by atoms with van der Waals surface area (Å²) >= 11 is 0. The summed E-state index contributed by atoms with van der Waals surface area (Å²) in [4.78, 5) is 13.9. The van der Waals surface area contributed by atoms with Crippen LogP contribution in [-0.2, 0) is 9.53 Å². The van der Waals surface area contributed by atoms with Gasteiger partial charge < -0.3 is 15.0 Å². The highest BCUT2D eigenvalue weighted by atomic mass is 16.5. The monoisotopic (exact) mass is 242 g/mol. The van der Waals surface area contributed by atoms with E-state index in [1.54, 1.807) is 7.11 Å². The molecular formula is C13H26N2O2. The van der Waals surface area contributed by atoms with Crippen LogP contribution in [0.25, 0.3) is 0 Å². The quantitative estimate of drug-likeness (QED) is 0.810. The average Bonchev–Trinajstić information content (AvgIpc) is 2.25. The van der Waals surface area contributed by atoms with Crippen LogP contribution in [0, 0.1) is 5.92 Å². The van der Waals surface area contributed by atoms with Gasteiger partial charge in [-0.2, -0.15) is 0 Å². The van der Waals surface area contributed by atoms with Crippen molar-refractivity contribution in [2.45, 2.75) is 45.8 Å². The molecule has 1 aliphatic rings. The third kappa shape index (κ3) is 4.64. The lowest BCUT2D eigenvalue weighted by molar-refractivity contribution is -0.135. The summed E-state index contributed by atoms with van der Waals surface area (Å²) in [6, 6.07) is 0. The Morgan fingerprint density at radius 3 is 2.65 bits per heavy atom. The summed E-state index contributed by atoms with van der Waals surface area (Å²) in [6.07, 6.45) is 1.21. The number of carbonyl (C=O) groups excluding carboxylic acids is 1. The average molecular weight is 242 g/mol. The van der Waals surface area contributed by atoms with Gasteiger partial charge in [-0.25, -0.2) is 0 Å². The standard InChI is InChI=1S/C13H26N2O2/c1-10-6-7-15(9-11(10)17-5)12(16)8-14-13(2,3)4/h10-11,14H,6-9H2,1-5H3. The number of hydrogen-bond acceptors (Lipinski definition) is 3. The highest BCUT2D eigenvalue weighted by Crippen LogP contribution is 2.19. The largest absolute Gasteiger partial charge is 0.379 e. The lowest BCUT2D eigenvalue weighted by atomic mass is 9.96. The SMILES string of the molecule is COC1CN(C(=O)CNC(C)(C)C)CCC1C. The summed E-state index contributed by atoms with van der Waals surface area (Å²) in [6.45, 7) is 10.4. The Balaban J connectivity index is 2.42. The molecule has 4 heteroatoms. The first-order chi connectivity index (χ1) is 7.83. The van der Waals surface area contributed by atoms with Crippen LogP contribution in [0.15, 0.2) is 0 Å². The number of carbonyl (C=O) groups is 1. The molecule has 0 aliphatic carbocycles. The van der Waals surface area contributed by atoms with Gasteiger partial charge in [0.05, 0.1) is 12.6 Å². The molecule has 0 aromatic heterocycles. The maximum atomic E-state index is 12.0. The van der Waals surface area contributed by atoms with Gasteiger partial charge in [0.2, 0.25) is 5.91 Å². The van der Waals surface area contributed by atoms with Crippen molar-refractivity contribution in [1.29, 1.82) is 0 Å². The molecule has 100 valence electrons. The van der Waals surface area contributed by atoms with Crippen molar-refractivity contribution in [3.8, 4) is 0 Å². The minimum absolute atomic E-state index is 0.0145. The molecule has 1 N–H and O–H groups in total. The van der Waals surface area contributed by atoms with Crippen LogP contribution < -0.4 is 5.32 Å². The van der Waals surface area contributed by atoms with E-state index in [2.05, 4.69) is 33.0 Å². The molecule has 1 aliphatic heterocycles. The van der Waals surface area contributed by atoms with E-state index in [1.807, 2.05) is 4.90 Å². The predicted octanol–water partition coefficient (Wildman–Crippen LogP) is 1.26. The molecule has 0 radical (unpaired) electrons. The number of nitrogens with zero attached hydrogens (tertiary/aromatic N) is 1. The van der Waals surface area contributed by atoms with Crippen LogP contribution in [0.2, 0.25) is 0 Å². The van der Waals surface area contributed by atoms with Crippen LogP contribution >= 0.6 is 0 Å². The third-order valence-electron chi connectivity index (χ3n) is 3.31. The zero-order valence-electron chi connectivity index (χ0n) is 11.7. The van der Waals surface area contributed by atoms with Crippen LogP contribution in [0.5, 0.6) is 0 Å². The Kier molecular flexibility index (Phi) is 4.95. The normalized spacial score (nSPS) is 26.1. The van der Waals surface area contributed by atoms with E-state index in [-0.39, 0.29) is 17.6 Å². The number of piperidine rings is 1. The van der Waals surface area contributed by atoms with Gasteiger partial charge in [0.15, 0.2) is 0 Å². The number of hydrogen-bond donors (Lipinski definition) is 1. The van der Waals surface area contributed by atoms with Crippen LogP contribution in [0.4, 0.5) is 0 Å². The summed E-state index contributed by atoms with van der Waals surface area (Å²) in [5.41, 5.74) is -0.0145. The lowest BCUT2D eigenvalue weighted by Gasteiger charge is -2.36. The molecular weight excluding hydrogens is 216 g/mol. The second kappa shape index (κ2) is 5.83. The topological polar surface area (TPSA) is 41.6 Å². The number of methoxy groups -OCH3 is 1. The Bertz CT molecular complexity index is 261. The van der Waals surface area contributed by atoms with Crippen molar-refractivity contribution in [2.24, 2.45) is 5.92 Å². The maximum Gasteiger partial charge on any atom is 0.236 e. The van der Waals surface area contributed by atoms with Gasteiger partial charge in [-0.1, -0.05) is 6.92 Å². The van der Waals surface area contributed by atoms with E-state index >= 15 is 0 Å². The molecule has 1 heterocycles. The van der Waals surface area contributed by atoms with Gasteiger partial charge in [0.1, 0.15) is 0 Å². The Labute approximate surface area is 105 Å². The number of nitrogens with one attached hydrogen (secondary N) is 1. The van der Waals surface area contributed by atoms with Gasteiger partial charge in [-0.05, 0) is 33.1 Å². The first kappa shape index (κ1) is 14.5. The Morgan fingerprint density at radius 2 is 2.12 bits per heavy atom. The minimum Gasteiger partial charge on any atom is -0.379 e. The third-order valence-corrected chi connectivity index (χ3v) is 3.31. The van der Waals surface area contributed by atoms with Crippen LogP contribution in [0.3, 0.4) is 0 Å².